The minimum atomic E-state index is -0.504. The second-order valence-electron chi connectivity index (χ2n) is 7.16. The molecule has 5 nitrogen and oxygen atoms in total. The Morgan fingerprint density at radius 3 is 2.88 bits per heavy atom. The number of hydrogen-bond acceptors (Lipinski definition) is 3. The van der Waals surface area contributed by atoms with Gasteiger partial charge in [0.1, 0.15) is 0 Å². The molecular formula is C20H25N3O2. The number of nitrogens with one attached hydrogen (secondary N) is 1. The fourth-order valence-corrected chi connectivity index (χ4v) is 3.92. The van der Waals surface area contributed by atoms with Crippen LogP contribution >= 0.6 is 0 Å². The molecule has 1 aromatic carbocycles. The number of carbonyl (C=O) groups excluding carboxylic acids is 1. The zero-order valence-corrected chi connectivity index (χ0v) is 14.5. The summed E-state index contributed by atoms with van der Waals surface area (Å²) in [6, 6.07) is 9.90. The van der Waals surface area contributed by atoms with Gasteiger partial charge in [0.05, 0.1) is 12.8 Å². The number of amides is 1. The summed E-state index contributed by atoms with van der Waals surface area (Å²) in [6.07, 6.45) is 7.16. The van der Waals surface area contributed by atoms with Gasteiger partial charge in [0.2, 0.25) is 0 Å². The molecule has 5 heteroatoms. The SMILES string of the molecule is O=C(C(OCC1CCCC1)c1ccccc1)N1CCc2[nH]ncc2C1. The minimum Gasteiger partial charge on any atom is -0.363 e. The maximum atomic E-state index is 13.2. The molecule has 0 radical (unpaired) electrons. The van der Waals surface area contributed by atoms with E-state index in [0.29, 0.717) is 25.6 Å². The van der Waals surface area contributed by atoms with Crippen LogP contribution in [0.25, 0.3) is 0 Å². The van der Waals surface area contributed by atoms with Gasteiger partial charge in [-0.25, -0.2) is 0 Å². The number of fused-ring (bicyclic) bond motifs is 1. The Labute approximate surface area is 148 Å². The fourth-order valence-electron chi connectivity index (χ4n) is 3.92. The molecule has 2 heterocycles. The van der Waals surface area contributed by atoms with Crippen molar-refractivity contribution < 1.29 is 9.53 Å². The lowest BCUT2D eigenvalue weighted by molar-refractivity contribution is -0.146. The predicted octanol–water partition coefficient (Wildman–Crippen LogP) is 3.24. The molecule has 2 aliphatic rings. The number of nitrogens with zero attached hydrogens (tertiary/aromatic N) is 2. The van der Waals surface area contributed by atoms with E-state index < -0.39 is 6.10 Å². The summed E-state index contributed by atoms with van der Waals surface area (Å²) >= 11 is 0. The molecule has 2 aromatic rings. The van der Waals surface area contributed by atoms with Gasteiger partial charge < -0.3 is 9.64 Å². The van der Waals surface area contributed by atoms with Gasteiger partial charge in [-0.15, -0.1) is 0 Å². The average molecular weight is 339 g/mol. The molecule has 1 aliphatic heterocycles. The molecule has 4 rings (SSSR count). The number of H-pyrrole nitrogens is 1. The molecule has 25 heavy (non-hydrogen) atoms. The third kappa shape index (κ3) is 3.61. The maximum Gasteiger partial charge on any atom is 0.256 e. The number of benzene rings is 1. The van der Waals surface area contributed by atoms with Crippen molar-refractivity contribution in [3.05, 3.63) is 53.3 Å². The summed E-state index contributed by atoms with van der Waals surface area (Å²) in [5, 5.41) is 7.12. The Morgan fingerprint density at radius 2 is 2.08 bits per heavy atom. The second-order valence-corrected chi connectivity index (χ2v) is 7.16. The zero-order chi connectivity index (χ0) is 17.1. The third-order valence-electron chi connectivity index (χ3n) is 5.41. The number of ether oxygens (including phenoxy) is 1. The van der Waals surface area contributed by atoms with Crippen LogP contribution in [0.1, 0.15) is 48.6 Å². The Kier molecular flexibility index (Phi) is 4.83. The lowest BCUT2D eigenvalue weighted by Crippen LogP contribution is -2.40. The van der Waals surface area contributed by atoms with Crippen LogP contribution in [0.2, 0.25) is 0 Å². The molecule has 0 spiro atoms. The molecule has 1 N–H and O–H groups in total. The van der Waals surface area contributed by atoms with Gasteiger partial charge in [-0.3, -0.25) is 9.89 Å². The van der Waals surface area contributed by atoms with E-state index in [0.717, 1.165) is 23.2 Å². The molecule has 1 fully saturated rings. The highest BCUT2D eigenvalue weighted by Crippen LogP contribution is 2.29. The highest BCUT2D eigenvalue weighted by Gasteiger charge is 2.30. The average Bonchev–Trinajstić information content (AvgIpc) is 3.33. The van der Waals surface area contributed by atoms with Gasteiger partial charge in [0.15, 0.2) is 6.10 Å². The van der Waals surface area contributed by atoms with Gasteiger partial charge in [0.25, 0.3) is 5.91 Å². The van der Waals surface area contributed by atoms with E-state index in [1.165, 1.54) is 25.7 Å². The van der Waals surface area contributed by atoms with E-state index in [1.54, 1.807) is 0 Å². The van der Waals surface area contributed by atoms with E-state index in [4.69, 9.17) is 4.74 Å². The van der Waals surface area contributed by atoms with E-state index >= 15 is 0 Å². The summed E-state index contributed by atoms with van der Waals surface area (Å²) in [5.74, 6) is 0.664. The normalized spacial score (nSPS) is 19.0. The van der Waals surface area contributed by atoms with Crippen molar-refractivity contribution in [1.29, 1.82) is 0 Å². The number of aromatic nitrogens is 2. The van der Waals surface area contributed by atoms with Crippen molar-refractivity contribution in [2.24, 2.45) is 5.92 Å². The summed E-state index contributed by atoms with van der Waals surface area (Å²) in [6.45, 7) is 2.00. The first-order chi connectivity index (χ1) is 12.3. The van der Waals surface area contributed by atoms with Crippen LogP contribution in [-0.4, -0.2) is 34.2 Å². The van der Waals surface area contributed by atoms with Crippen molar-refractivity contribution in [3.63, 3.8) is 0 Å². The molecule has 0 bridgehead atoms. The van der Waals surface area contributed by atoms with E-state index in [9.17, 15) is 4.79 Å². The van der Waals surface area contributed by atoms with Gasteiger partial charge in [-0.1, -0.05) is 43.2 Å². The topological polar surface area (TPSA) is 58.2 Å². The Hall–Kier alpha value is -2.14. The number of rotatable bonds is 5. The molecule has 132 valence electrons. The van der Waals surface area contributed by atoms with Gasteiger partial charge in [-0.05, 0) is 24.3 Å². The van der Waals surface area contributed by atoms with Crippen LogP contribution < -0.4 is 0 Å². The van der Waals surface area contributed by atoms with Crippen LogP contribution in [-0.2, 0) is 22.5 Å². The summed E-state index contributed by atoms with van der Waals surface area (Å²) in [4.78, 5) is 15.1. The van der Waals surface area contributed by atoms with Crippen molar-refractivity contribution in [2.45, 2.75) is 44.8 Å². The number of carbonyl (C=O) groups is 1. The van der Waals surface area contributed by atoms with E-state index in [1.807, 2.05) is 41.4 Å². The van der Waals surface area contributed by atoms with Gasteiger partial charge in [-0.2, -0.15) is 5.10 Å². The Bertz CT molecular complexity index is 707. The predicted molar refractivity (Wildman–Crippen MR) is 94.8 cm³/mol. The third-order valence-corrected chi connectivity index (χ3v) is 5.41. The number of aromatic amines is 1. The van der Waals surface area contributed by atoms with Crippen LogP contribution in [0.5, 0.6) is 0 Å². The first kappa shape index (κ1) is 16.3. The molecule has 1 aromatic heterocycles. The van der Waals surface area contributed by atoms with Crippen LogP contribution in [0, 0.1) is 5.92 Å². The standard InChI is InChI=1S/C20H25N3O2/c24-20(23-11-10-18-17(13-23)12-21-22-18)19(16-8-2-1-3-9-16)25-14-15-6-4-5-7-15/h1-3,8-9,12,15,19H,4-7,10-11,13-14H2,(H,21,22). The van der Waals surface area contributed by atoms with Crippen molar-refractivity contribution in [1.82, 2.24) is 15.1 Å². The quantitative estimate of drug-likeness (QED) is 0.910. The van der Waals surface area contributed by atoms with Crippen molar-refractivity contribution >= 4 is 5.91 Å². The second kappa shape index (κ2) is 7.40. The summed E-state index contributed by atoms with van der Waals surface area (Å²) < 4.78 is 6.18. The minimum absolute atomic E-state index is 0.0658. The smallest absolute Gasteiger partial charge is 0.256 e. The van der Waals surface area contributed by atoms with Gasteiger partial charge in [0, 0.05) is 30.8 Å². The van der Waals surface area contributed by atoms with E-state index in [-0.39, 0.29) is 5.91 Å². The van der Waals surface area contributed by atoms with Crippen molar-refractivity contribution in [2.75, 3.05) is 13.2 Å². The Balaban J connectivity index is 1.49. The highest BCUT2D eigenvalue weighted by molar-refractivity contribution is 5.82. The zero-order valence-electron chi connectivity index (χ0n) is 14.5. The first-order valence-electron chi connectivity index (χ1n) is 9.27. The molecule has 1 amide bonds. The lowest BCUT2D eigenvalue weighted by atomic mass is 10.0. The molecule has 1 unspecified atom stereocenters. The van der Waals surface area contributed by atoms with E-state index in [2.05, 4.69) is 10.2 Å². The summed E-state index contributed by atoms with van der Waals surface area (Å²) in [5.41, 5.74) is 3.21. The summed E-state index contributed by atoms with van der Waals surface area (Å²) in [7, 11) is 0. The fraction of sp³-hybridized carbons (Fsp3) is 0.500. The highest BCUT2D eigenvalue weighted by atomic mass is 16.5. The molecule has 1 aliphatic carbocycles. The van der Waals surface area contributed by atoms with Crippen LogP contribution in [0.3, 0.4) is 0 Å². The van der Waals surface area contributed by atoms with Gasteiger partial charge >= 0.3 is 0 Å². The molecular weight excluding hydrogens is 314 g/mol. The van der Waals surface area contributed by atoms with Crippen molar-refractivity contribution in [3.8, 4) is 0 Å². The van der Waals surface area contributed by atoms with Crippen LogP contribution in [0.15, 0.2) is 36.5 Å². The largest absolute Gasteiger partial charge is 0.363 e. The maximum absolute atomic E-state index is 13.2. The number of hydrogen-bond donors (Lipinski definition) is 1. The molecule has 1 saturated carbocycles. The van der Waals surface area contributed by atoms with Crippen LogP contribution in [0.4, 0.5) is 0 Å². The lowest BCUT2D eigenvalue weighted by Gasteiger charge is -2.30. The molecule has 0 saturated heterocycles. The Morgan fingerprint density at radius 1 is 1.28 bits per heavy atom. The monoisotopic (exact) mass is 339 g/mol. The first-order valence-corrected chi connectivity index (χ1v) is 9.27. The molecule has 1 atom stereocenters.